The quantitative estimate of drug-likeness (QED) is 0.829. The molecule has 1 saturated heterocycles. The highest BCUT2D eigenvalue weighted by molar-refractivity contribution is 6.07. The number of hydrogen-bond donors (Lipinski definition) is 1. The summed E-state index contributed by atoms with van der Waals surface area (Å²) >= 11 is 0. The van der Waals surface area contributed by atoms with Crippen molar-refractivity contribution in [3.8, 4) is 11.5 Å². The van der Waals surface area contributed by atoms with Crippen molar-refractivity contribution in [2.45, 2.75) is 50.0 Å². The molecule has 1 aromatic heterocycles. The van der Waals surface area contributed by atoms with E-state index < -0.39 is 11.2 Å². The predicted octanol–water partition coefficient (Wildman–Crippen LogP) is 3.44. The summed E-state index contributed by atoms with van der Waals surface area (Å²) in [5.41, 5.74) is 1.16. The molecule has 1 N–H and O–H groups in total. The van der Waals surface area contributed by atoms with Gasteiger partial charge in [0.15, 0.2) is 17.3 Å². The molecule has 2 fully saturated rings. The Labute approximate surface area is 174 Å². The van der Waals surface area contributed by atoms with E-state index in [1.165, 1.54) is 25.2 Å². The van der Waals surface area contributed by atoms with E-state index in [9.17, 15) is 9.18 Å². The van der Waals surface area contributed by atoms with E-state index in [-0.39, 0.29) is 12.0 Å². The summed E-state index contributed by atoms with van der Waals surface area (Å²) in [6, 6.07) is 3.87. The average molecular weight is 412 g/mol. The third kappa shape index (κ3) is 3.14. The summed E-state index contributed by atoms with van der Waals surface area (Å²) in [5.74, 6) is 1.40. The molecule has 1 aliphatic carbocycles. The number of fused-ring (bicyclic) bond motifs is 2. The van der Waals surface area contributed by atoms with Crippen LogP contribution in [0.3, 0.4) is 0 Å². The fourth-order valence-corrected chi connectivity index (χ4v) is 4.91. The molecule has 1 amide bonds. The minimum absolute atomic E-state index is 0.0113. The fourth-order valence-electron chi connectivity index (χ4n) is 4.91. The van der Waals surface area contributed by atoms with Crippen LogP contribution in [0.25, 0.3) is 0 Å². The van der Waals surface area contributed by atoms with E-state index in [1.807, 2.05) is 17.0 Å². The second-order valence-corrected chi connectivity index (χ2v) is 8.30. The van der Waals surface area contributed by atoms with Crippen molar-refractivity contribution >= 4 is 17.5 Å². The maximum Gasteiger partial charge on any atom is 0.235 e. The zero-order valence-corrected chi connectivity index (χ0v) is 17.0. The first kappa shape index (κ1) is 19.1. The lowest BCUT2D eigenvalue weighted by Crippen LogP contribution is -2.47. The number of amides is 1. The zero-order chi connectivity index (χ0) is 20.7. The molecule has 30 heavy (non-hydrogen) atoms. The van der Waals surface area contributed by atoms with Crippen LogP contribution >= 0.6 is 0 Å². The van der Waals surface area contributed by atoms with Crippen molar-refractivity contribution in [3.63, 3.8) is 0 Å². The number of nitrogens with zero attached hydrogens (tertiary/aromatic N) is 3. The molecule has 0 atom stereocenters. The Balaban J connectivity index is 1.40. The number of halogens is 1. The van der Waals surface area contributed by atoms with Gasteiger partial charge in [-0.3, -0.25) is 4.79 Å². The SMILES string of the molecule is COc1cc2c(cc1OC1CCCC1)NC(=O)C21CCN(c2ncc(F)cn2)CC1. The van der Waals surface area contributed by atoms with E-state index in [2.05, 4.69) is 15.3 Å². The molecule has 0 bridgehead atoms. The van der Waals surface area contributed by atoms with Crippen molar-refractivity contribution in [3.05, 3.63) is 35.9 Å². The van der Waals surface area contributed by atoms with Crippen LogP contribution in [0.4, 0.5) is 16.0 Å². The minimum Gasteiger partial charge on any atom is -0.493 e. The number of hydrogen-bond acceptors (Lipinski definition) is 6. The van der Waals surface area contributed by atoms with Gasteiger partial charge in [-0.05, 0) is 50.2 Å². The molecule has 0 radical (unpaired) electrons. The Bertz CT molecular complexity index is 952. The standard InChI is InChI=1S/C22H25FN4O3/c1-29-18-10-16-17(11-19(18)30-15-4-2-3-5-15)26-20(28)22(16)6-8-27(9-7-22)21-24-12-14(23)13-25-21/h10-13,15H,2-9H2,1H3,(H,26,28). The minimum atomic E-state index is -0.606. The molecule has 1 saturated carbocycles. The average Bonchev–Trinajstić information content (AvgIpc) is 3.36. The van der Waals surface area contributed by atoms with Crippen molar-refractivity contribution < 1.29 is 18.7 Å². The summed E-state index contributed by atoms with van der Waals surface area (Å²) in [7, 11) is 1.63. The summed E-state index contributed by atoms with van der Waals surface area (Å²) < 4.78 is 24.9. The van der Waals surface area contributed by atoms with Gasteiger partial charge in [-0.15, -0.1) is 0 Å². The highest BCUT2D eigenvalue weighted by Crippen LogP contribution is 2.49. The monoisotopic (exact) mass is 412 g/mol. The van der Waals surface area contributed by atoms with Crippen LogP contribution in [-0.2, 0) is 10.2 Å². The van der Waals surface area contributed by atoms with Crippen LogP contribution in [0.2, 0.25) is 0 Å². The summed E-state index contributed by atoms with van der Waals surface area (Å²) in [5, 5.41) is 3.06. The van der Waals surface area contributed by atoms with Crippen LogP contribution in [0, 0.1) is 5.82 Å². The van der Waals surface area contributed by atoms with E-state index in [0.29, 0.717) is 43.4 Å². The van der Waals surface area contributed by atoms with Crippen molar-refractivity contribution in [2.75, 3.05) is 30.4 Å². The largest absolute Gasteiger partial charge is 0.493 e. The van der Waals surface area contributed by atoms with Crippen LogP contribution in [-0.4, -0.2) is 42.2 Å². The number of carbonyl (C=O) groups excluding carboxylic acids is 1. The van der Waals surface area contributed by atoms with Gasteiger partial charge >= 0.3 is 0 Å². The molecule has 5 rings (SSSR count). The van der Waals surface area contributed by atoms with Gasteiger partial charge < -0.3 is 19.7 Å². The molecular formula is C22H25FN4O3. The molecule has 8 heteroatoms. The molecule has 1 spiro atoms. The third-order valence-corrected chi connectivity index (χ3v) is 6.60. The lowest BCUT2D eigenvalue weighted by Gasteiger charge is -2.38. The van der Waals surface area contributed by atoms with Gasteiger partial charge in [0.1, 0.15) is 0 Å². The summed E-state index contributed by atoms with van der Waals surface area (Å²) in [4.78, 5) is 23.2. The van der Waals surface area contributed by atoms with E-state index in [1.54, 1.807) is 7.11 Å². The highest BCUT2D eigenvalue weighted by Gasteiger charge is 2.49. The second-order valence-electron chi connectivity index (χ2n) is 8.30. The van der Waals surface area contributed by atoms with E-state index in [4.69, 9.17) is 9.47 Å². The summed E-state index contributed by atoms with van der Waals surface area (Å²) in [6.45, 7) is 1.22. The van der Waals surface area contributed by atoms with Crippen LogP contribution < -0.4 is 19.7 Å². The maximum absolute atomic E-state index is 13.1. The van der Waals surface area contributed by atoms with E-state index >= 15 is 0 Å². The highest BCUT2D eigenvalue weighted by atomic mass is 19.1. The number of methoxy groups -OCH3 is 1. The van der Waals surface area contributed by atoms with Gasteiger partial charge in [-0.25, -0.2) is 14.4 Å². The Morgan fingerprint density at radius 3 is 2.50 bits per heavy atom. The van der Waals surface area contributed by atoms with Crippen LogP contribution in [0.5, 0.6) is 11.5 Å². The van der Waals surface area contributed by atoms with Crippen molar-refractivity contribution in [1.82, 2.24) is 9.97 Å². The number of aromatic nitrogens is 2. The predicted molar refractivity (Wildman–Crippen MR) is 110 cm³/mol. The van der Waals surface area contributed by atoms with Gasteiger partial charge in [0.2, 0.25) is 11.9 Å². The van der Waals surface area contributed by atoms with Gasteiger partial charge in [0.25, 0.3) is 0 Å². The van der Waals surface area contributed by atoms with E-state index in [0.717, 1.165) is 24.1 Å². The molecule has 2 aliphatic heterocycles. The first-order valence-corrected chi connectivity index (χ1v) is 10.5. The molecule has 158 valence electrons. The fraction of sp³-hybridized carbons (Fsp3) is 0.500. The Hall–Kier alpha value is -2.90. The van der Waals surface area contributed by atoms with Crippen LogP contribution in [0.15, 0.2) is 24.5 Å². The smallest absolute Gasteiger partial charge is 0.235 e. The molecule has 2 aromatic rings. The second kappa shape index (κ2) is 7.41. The number of nitrogens with one attached hydrogen (secondary N) is 1. The van der Waals surface area contributed by atoms with Crippen molar-refractivity contribution in [1.29, 1.82) is 0 Å². The van der Waals surface area contributed by atoms with Gasteiger partial charge in [0, 0.05) is 24.8 Å². The first-order valence-electron chi connectivity index (χ1n) is 10.5. The lowest BCUT2D eigenvalue weighted by atomic mass is 9.73. The number of benzene rings is 1. The van der Waals surface area contributed by atoms with Crippen LogP contribution in [0.1, 0.15) is 44.1 Å². The first-order chi connectivity index (χ1) is 14.6. The number of carbonyl (C=O) groups is 1. The van der Waals surface area contributed by atoms with Gasteiger partial charge in [-0.1, -0.05) is 0 Å². The molecular weight excluding hydrogens is 387 g/mol. The Morgan fingerprint density at radius 2 is 1.83 bits per heavy atom. The zero-order valence-electron chi connectivity index (χ0n) is 17.0. The number of piperidine rings is 1. The Kier molecular flexibility index (Phi) is 4.72. The molecule has 0 unspecified atom stereocenters. The molecule has 1 aromatic carbocycles. The lowest BCUT2D eigenvalue weighted by molar-refractivity contribution is -0.121. The normalized spacial score (nSPS) is 20.3. The molecule has 3 aliphatic rings. The Morgan fingerprint density at radius 1 is 1.13 bits per heavy atom. The number of rotatable bonds is 4. The van der Waals surface area contributed by atoms with Crippen molar-refractivity contribution in [2.24, 2.45) is 0 Å². The number of anilines is 2. The number of ether oxygens (including phenoxy) is 2. The molecule has 3 heterocycles. The van der Waals surface area contributed by atoms with Gasteiger partial charge in [0.05, 0.1) is 31.0 Å². The van der Waals surface area contributed by atoms with Gasteiger partial charge in [-0.2, -0.15) is 0 Å². The molecule has 7 nitrogen and oxygen atoms in total. The topological polar surface area (TPSA) is 76.6 Å². The third-order valence-electron chi connectivity index (χ3n) is 6.60. The maximum atomic E-state index is 13.1. The summed E-state index contributed by atoms with van der Waals surface area (Å²) in [6.07, 6.45) is 8.27.